The normalized spacial score (nSPS) is 20.1. The molecule has 0 radical (unpaired) electrons. The lowest BCUT2D eigenvalue weighted by Gasteiger charge is -2.24. The van der Waals surface area contributed by atoms with Crippen molar-refractivity contribution >= 4 is 17.2 Å². The topological polar surface area (TPSA) is 62.2 Å². The summed E-state index contributed by atoms with van der Waals surface area (Å²) in [6, 6.07) is -0.0767. The van der Waals surface area contributed by atoms with Crippen LogP contribution in [0.25, 0.3) is 0 Å². The van der Waals surface area contributed by atoms with Crippen LogP contribution in [0.15, 0.2) is 11.6 Å². The third-order valence-corrected chi connectivity index (χ3v) is 4.21. The zero-order valence-electron chi connectivity index (χ0n) is 9.98. The molecule has 2 N–H and O–H groups in total. The highest BCUT2D eigenvalue weighted by Gasteiger charge is 2.39. The summed E-state index contributed by atoms with van der Waals surface area (Å²) in [6.07, 6.45) is 5.53. The first kappa shape index (κ1) is 12.5. The number of aliphatic hydroxyl groups is 1. The third kappa shape index (κ3) is 2.66. The lowest BCUT2D eigenvalue weighted by atomic mass is 10.0. The van der Waals surface area contributed by atoms with Gasteiger partial charge < -0.3 is 10.4 Å². The van der Waals surface area contributed by atoms with Crippen LogP contribution >= 0.6 is 11.3 Å². The van der Waals surface area contributed by atoms with Gasteiger partial charge in [0.1, 0.15) is 10.6 Å². The summed E-state index contributed by atoms with van der Waals surface area (Å²) in [5.74, 6) is -0.239. The molecule has 2 rings (SSSR count). The van der Waals surface area contributed by atoms with Crippen LogP contribution in [0.2, 0.25) is 0 Å². The molecule has 0 saturated heterocycles. The van der Waals surface area contributed by atoms with E-state index in [-0.39, 0.29) is 11.9 Å². The van der Waals surface area contributed by atoms with Gasteiger partial charge in [-0.25, -0.2) is 4.98 Å². The van der Waals surface area contributed by atoms with Gasteiger partial charge in [-0.3, -0.25) is 4.79 Å². The number of aromatic nitrogens is 1. The SMILES string of the molecule is CCC(NC(=O)C1(O)CCCC1)c1nccs1. The second-order valence-corrected chi connectivity index (χ2v) is 5.47. The first-order chi connectivity index (χ1) is 8.15. The van der Waals surface area contributed by atoms with E-state index in [4.69, 9.17) is 0 Å². The van der Waals surface area contributed by atoms with E-state index in [1.54, 1.807) is 6.20 Å². The van der Waals surface area contributed by atoms with Gasteiger partial charge in [0.15, 0.2) is 0 Å². The number of amides is 1. The van der Waals surface area contributed by atoms with E-state index in [2.05, 4.69) is 10.3 Å². The molecular formula is C12H18N2O2S. The molecule has 1 amide bonds. The van der Waals surface area contributed by atoms with E-state index < -0.39 is 5.60 Å². The molecule has 1 aromatic heterocycles. The number of thiazole rings is 1. The van der Waals surface area contributed by atoms with Gasteiger partial charge in [0.2, 0.25) is 0 Å². The van der Waals surface area contributed by atoms with Gasteiger partial charge in [-0.05, 0) is 32.1 Å². The maximum atomic E-state index is 12.0. The average Bonchev–Trinajstić information content (AvgIpc) is 2.97. The first-order valence-electron chi connectivity index (χ1n) is 6.08. The summed E-state index contributed by atoms with van der Waals surface area (Å²) >= 11 is 1.53. The van der Waals surface area contributed by atoms with Crippen molar-refractivity contribution in [3.63, 3.8) is 0 Å². The highest BCUT2D eigenvalue weighted by molar-refractivity contribution is 7.09. The maximum Gasteiger partial charge on any atom is 0.252 e. The van der Waals surface area contributed by atoms with Gasteiger partial charge in [0.05, 0.1) is 6.04 Å². The van der Waals surface area contributed by atoms with Gasteiger partial charge in [-0.2, -0.15) is 0 Å². The number of nitrogens with one attached hydrogen (secondary N) is 1. The molecule has 94 valence electrons. The maximum absolute atomic E-state index is 12.0. The van der Waals surface area contributed by atoms with Crippen molar-refractivity contribution in [1.29, 1.82) is 0 Å². The van der Waals surface area contributed by atoms with Crippen LogP contribution in [0.1, 0.15) is 50.1 Å². The lowest BCUT2D eigenvalue weighted by Crippen LogP contribution is -2.45. The van der Waals surface area contributed by atoms with Gasteiger partial charge in [0, 0.05) is 11.6 Å². The summed E-state index contributed by atoms with van der Waals surface area (Å²) in [5, 5.41) is 15.9. The Hall–Kier alpha value is -0.940. The Balaban J connectivity index is 2.02. The Morgan fingerprint density at radius 1 is 1.65 bits per heavy atom. The van der Waals surface area contributed by atoms with E-state index >= 15 is 0 Å². The fourth-order valence-electron chi connectivity index (χ4n) is 2.22. The minimum absolute atomic E-state index is 0.0767. The first-order valence-corrected chi connectivity index (χ1v) is 6.96. The molecule has 1 saturated carbocycles. The molecule has 1 aliphatic rings. The van der Waals surface area contributed by atoms with Crippen LogP contribution < -0.4 is 5.32 Å². The molecule has 1 aromatic rings. The molecule has 0 spiro atoms. The highest BCUT2D eigenvalue weighted by Crippen LogP contribution is 2.30. The molecule has 1 atom stereocenters. The Labute approximate surface area is 105 Å². The molecule has 1 unspecified atom stereocenters. The number of hydrogen-bond acceptors (Lipinski definition) is 4. The van der Waals surface area contributed by atoms with Crippen molar-refractivity contribution in [3.05, 3.63) is 16.6 Å². The average molecular weight is 254 g/mol. The molecule has 1 fully saturated rings. The molecular weight excluding hydrogens is 236 g/mol. The minimum Gasteiger partial charge on any atom is -0.380 e. The summed E-state index contributed by atoms with van der Waals surface area (Å²) in [4.78, 5) is 16.3. The zero-order valence-corrected chi connectivity index (χ0v) is 10.8. The van der Waals surface area contributed by atoms with Gasteiger partial charge in [-0.1, -0.05) is 6.92 Å². The smallest absolute Gasteiger partial charge is 0.252 e. The van der Waals surface area contributed by atoms with E-state index in [1.807, 2.05) is 12.3 Å². The fourth-order valence-corrected chi connectivity index (χ4v) is 3.00. The molecule has 17 heavy (non-hydrogen) atoms. The Morgan fingerprint density at radius 3 is 2.88 bits per heavy atom. The second kappa shape index (κ2) is 5.14. The van der Waals surface area contributed by atoms with Crippen molar-refractivity contribution in [2.75, 3.05) is 0 Å². The quantitative estimate of drug-likeness (QED) is 0.864. The zero-order chi connectivity index (χ0) is 12.3. The van der Waals surface area contributed by atoms with E-state index in [9.17, 15) is 9.90 Å². The highest BCUT2D eigenvalue weighted by atomic mass is 32.1. The largest absolute Gasteiger partial charge is 0.380 e. The number of nitrogens with zero attached hydrogens (tertiary/aromatic N) is 1. The van der Waals surface area contributed by atoms with Crippen LogP contribution in [0.5, 0.6) is 0 Å². The van der Waals surface area contributed by atoms with Gasteiger partial charge in [0.25, 0.3) is 5.91 Å². The summed E-state index contributed by atoms with van der Waals surface area (Å²) in [7, 11) is 0. The number of carbonyl (C=O) groups excluding carboxylic acids is 1. The predicted octanol–water partition coefficient (Wildman–Crippen LogP) is 2.02. The Kier molecular flexibility index (Phi) is 3.79. The standard InChI is InChI=1S/C12H18N2O2S/c1-2-9(10-13-7-8-17-10)14-11(15)12(16)5-3-4-6-12/h7-9,16H,2-6H2,1H3,(H,14,15). The van der Waals surface area contributed by atoms with Crippen molar-refractivity contribution in [1.82, 2.24) is 10.3 Å². The summed E-state index contributed by atoms with van der Waals surface area (Å²) in [5.41, 5.74) is -1.15. The van der Waals surface area contributed by atoms with Crippen LogP contribution in [0, 0.1) is 0 Å². The molecule has 0 aromatic carbocycles. The number of hydrogen-bond donors (Lipinski definition) is 2. The fraction of sp³-hybridized carbons (Fsp3) is 0.667. The van der Waals surface area contributed by atoms with Crippen molar-refractivity contribution in [3.8, 4) is 0 Å². The number of carbonyl (C=O) groups is 1. The van der Waals surface area contributed by atoms with E-state index in [0.717, 1.165) is 24.3 Å². The van der Waals surface area contributed by atoms with Crippen LogP contribution in [0.4, 0.5) is 0 Å². The molecule has 1 heterocycles. The summed E-state index contributed by atoms with van der Waals surface area (Å²) < 4.78 is 0. The monoisotopic (exact) mass is 254 g/mol. The molecule has 1 aliphatic carbocycles. The molecule has 0 bridgehead atoms. The predicted molar refractivity (Wildman–Crippen MR) is 66.7 cm³/mol. The molecule has 0 aliphatic heterocycles. The van der Waals surface area contributed by atoms with E-state index in [0.29, 0.717) is 12.8 Å². The third-order valence-electron chi connectivity index (χ3n) is 3.32. The van der Waals surface area contributed by atoms with Crippen LogP contribution in [-0.4, -0.2) is 21.6 Å². The molecule has 4 nitrogen and oxygen atoms in total. The lowest BCUT2D eigenvalue weighted by molar-refractivity contribution is -0.140. The second-order valence-electron chi connectivity index (χ2n) is 4.54. The Bertz CT molecular complexity index is 372. The molecule has 5 heteroatoms. The van der Waals surface area contributed by atoms with Crippen LogP contribution in [0.3, 0.4) is 0 Å². The van der Waals surface area contributed by atoms with Gasteiger partial charge >= 0.3 is 0 Å². The van der Waals surface area contributed by atoms with Crippen molar-refractivity contribution < 1.29 is 9.90 Å². The van der Waals surface area contributed by atoms with Gasteiger partial charge in [-0.15, -0.1) is 11.3 Å². The minimum atomic E-state index is -1.15. The van der Waals surface area contributed by atoms with E-state index in [1.165, 1.54) is 11.3 Å². The number of rotatable bonds is 4. The summed E-state index contributed by atoms with van der Waals surface area (Å²) in [6.45, 7) is 2.01. The van der Waals surface area contributed by atoms with Crippen molar-refractivity contribution in [2.45, 2.75) is 50.7 Å². The Morgan fingerprint density at radius 2 is 2.35 bits per heavy atom. The van der Waals surface area contributed by atoms with Crippen LogP contribution in [-0.2, 0) is 4.79 Å². The van der Waals surface area contributed by atoms with Crippen molar-refractivity contribution in [2.24, 2.45) is 0 Å².